The molecule has 0 radical (unpaired) electrons. The lowest BCUT2D eigenvalue weighted by atomic mass is 9.48. The minimum absolute atomic E-state index is 0.534. The third kappa shape index (κ3) is 1.81. The molecule has 4 rings (SSSR count). The van der Waals surface area contributed by atoms with Crippen molar-refractivity contribution in [3.8, 4) is 0 Å². The highest BCUT2D eigenvalue weighted by Gasteiger charge is 2.55. The predicted molar refractivity (Wildman–Crippen MR) is 89.1 cm³/mol. The van der Waals surface area contributed by atoms with Crippen molar-refractivity contribution in [3.63, 3.8) is 0 Å². The Morgan fingerprint density at radius 2 is 1.90 bits per heavy atom. The molecule has 0 aromatic rings. The summed E-state index contributed by atoms with van der Waals surface area (Å²) in [4.78, 5) is 0. The monoisotopic (exact) mass is 290 g/mol. The van der Waals surface area contributed by atoms with Crippen molar-refractivity contribution < 1.29 is 0 Å². The summed E-state index contributed by atoms with van der Waals surface area (Å²) in [6.45, 7) is 5.21. The molecule has 3 saturated carbocycles. The maximum absolute atomic E-state index is 4.77. The Bertz CT molecular complexity index is 439. The Kier molecular flexibility index (Phi) is 3.12. The molecule has 0 aliphatic heterocycles. The number of thiol groups is 1. The fourth-order valence-corrected chi connectivity index (χ4v) is 6.96. The normalized spacial score (nSPS) is 54.6. The Labute approximate surface area is 130 Å². The standard InChI is InChI=1S/C19H30S/c1-18-9-3-4-16(18)15-6-5-13-12-14(20)7-11-19(13,2)17(15)8-10-18/h5,14-17,20H,3-4,6-12H2,1-2H3/t14?,15-,16-,17-,18-,19-/m0/s1. The van der Waals surface area contributed by atoms with E-state index in [1.54, 1.807) is 5.57 Å². The summed E-state index contributed by atoms with van der Waals surface area (Å²) in [7, 11) is 0. The van der Waals surface area contributed by atoms with Gasteiger partial charge in [-0.3, -0.25) is 0 Å². The van der Waals surface area contributed by atoms with Gasteiger partial charge in [-0.25, -0.2) is 0 Å². The molecule has 6 atom stereocenters. The molecule has 20 heavy (non-hydrogen) atoms. The van der Waals surface area contributed by atoms with E-state index in [0.717, 1.165) is 17.8 Å². The molecule has 0 amide bonds. The first-order valence-corrected chi connectivity index (χ1v) is 9.42. The molecule has 0 N–H and O–H groups in total. The van der Waals surface area contributed by atoms with Gasteiger partial charge in [-0.1, -0.05) is 31.9 Å². The van der Waals surface area contributed by atoms with E-state index in [0.29, 0.717) is 16.1 Å². The predicted octanol–water partition coefficient (Wildman–Crippen LogP) is 5.64. The number of rotatable bonds is 0. The van der Waals surface area contributed by atoms with E-state index in [9.17, 15) is 0 Å². The smallest absolute Gasteiger partial charge is 0.00545 e. The largest absolute Gasteiger partial charge is 0.176 e. The maximum atomic E-state index is 4.77. The Hall–Kier alpha value is 0.0900. The second-order valence-electron chi connectivity index (χ2n) is 8.74. The average Bonchev–Trinajstić information content (AvgIpc) is 2.81. The SMILES string of the molecule is C[C@@]12CCC[C@H]1[C@@H]1CC=C3CC(S)CC[C@]3(C)[C@H]1CC2. The lowest BCUT2D eigenvalue weighted by Crippen LogP contribution is -2.48. The number of allylic oxidation sites excluding steroid dienone is 2. The van der Waals surface area contributed by atoms with E-state index < -0.39 is 0 Å². The van der Waals surface area contributed by atoms with Gasteiger partial charge in [-0.05, 0) is 80.0 Å². The first kappa shape index (κ1) is 13.7. The Morgan fingerprint density at radius 1 is 1.05 bits per heavy atom. The second-order valence-corrected chi connectivity index (χ2v) is 9.47. The van der Waals surface area contributed by atoms with Crippen LogP contribution in [0.2, 0.25) is 0 Å². The van der Waals surface area contributed by atoms with Crippen molar-refractivity contribution in [1.82, 2.24) is 0 Å². The minimum atomic E-state index is 0.534. The highest BCUT2D eigenvalue weighted by Crippen LogP contribution is 2.64. The molecule has 0 heterocycles. The lowest BCUT2D eigenvalue weighted by molar-refractivity contribution is -0.0244. The van der Waals surface area contributed by atoms with Crippen LogP contribution >= 0.6 is 12.6 Å². The van der Waals surface area contributed by atoms with Gasteiger partial charge < -0.3 is 0 Å². The lowest BCUT2D eigenvalue weighted by Gasteiger charge is -2.57. The van der Waals surface area contributed by atoms with Crippen LogP contribution in [-0.2, 0) is 0 Å². The summed E-state index contributed by atoms with van der Waals surface area (Å²) in [5.74, 6) is 3.02. The number of hydrogen-bond donors (Lipinski definition) is 1. The molecule has 3 fully saturated rings. The van der Waals surface area contributed by atoms with Crippen LogP contribution in [0.4, 0.5) is 0 Å². The van der Waals surface area contributed by atoms with Crippen molar-refractivity contribution in [3.05, 3.63) is 11.6 Å². The molecule has 0 spiro atoms. The van der Waals surface area contributed by atoms with Gasteiger partial charge in [0, 0.05) is 5.25 Å². The van der Waals surface area contributed by atoms with E-state index >= 15 is 0 Å². The molecular formula is C19H30S. The van der Waals surface area contributed by atoms with Crippen molar-refractivity contribution in [1.29, 1.82) is 0 Å². The summed E-state index contributed by atoms with van der Waals surface area (Å²) in [5.41, 5.74) is 3.02. The first-order chi connectivity index (χ1) is 9.53. The van der Waals surface area contributed by atoms with Gasteiger partial charge in [0.15, 0.2) is 0 Å². The van der Waals surface area contributed by atoms with Crippen LogP contribution in [0.25, 0.3) is 0 Å². The fourth-order valence-electron chi connectivity index (χ4n) is 6.63. The molecule has 4 aliphatic carbocycles. The highest BCUT2D eigenvalue weighted by atomic mass is 32.1. The maximum Gasteiger partial charge on any atom is 0.00545 e. The van der Waals surface area contributed by atoms with Gasteiger partial charge in [0.1, 0.15) is 0 Å². The molecule has 112 valence electrons. The van der Waals surface area contributed by atoms with Crippen LogP contribution in [0.15, 0.2) is 11.6 Å². The van der Waals surface area contributed by atoms with Gasteiger partial charge in [0.05, 0.1) is 0 Å². The zero-order valence-corrected chi connectivity index (χ0v) is 14.1. The van der Waals surface area contributed by atoms with E-state index in [4.69, 9.17) is 12.6 Å². The van der Waals surface area contributed by atoms with Crippen molar-refractivity contribution >= 4 is 12.6 Å². The third-order valence-corrected chi connectivity index (χ3v) is 8.30. The molecular weight excluding hydrogens is 260 g/mol. The van der Waals surface area contributed by atoms with Crippen molar-refractivity contribution in [2.75, 3.05) is 0 Å². The van der Waals surface area contributed by atoms with E-state index in [1.165, 1.54) is 57.8 Å². The van der Waals surface area contributed by atoms with E-state index in [1.807, 2.05) is 0 Å². The summed E-state index contributed by atoms with van der Waals surface area (Å²) in [6.07, 6.45) is 15.6. The van der Waals surface area contributed by atoms with Gasteiger partial charge >= 0.3 is 0 Å². The van der Waals surface area contributed by atoms with Gasteiger partial charge in [-0.2, -0.15) is 12.6 Å². The van der Waals surface area contributed by atoms with Crippen molar-refractivity contribution in [2.45, 2.75) is 76.9 Å². The van der Waals surface area contributed by atoms with Crippen LogP contribution in [0, 0.1) is 28.6 Å². The summed E-state index contributed by atoms with van der Waals surface area (Å²) < 4.78 is 0. The Balaban J connectivity index is 1.68. The molecule has 0 aromatic heterocycles. The molecule has 4 aliphatic rings. The summed E-state index contributed by atoms with van der Waals surface area (Å²) in [5, 5.41) is 0.631. The van der Waals surface area contributed by atoms with Crippen molar-refractivity contribution in [2.24, 2.45) is 28.6 Å². The van der Waals surface area contributed by atoms with E-state index in [-0.39, 0.29) is 0 Å². The molecule has 0 nitrogen and oxygen atoms in total. The zero-order chi connectivity index (χ0) is 14.0. The van der Waals surface area contributed by atoms with Crippen LogP contribution < -0.4 is 0 Å². The van der Waals surface area contributed by atoms with Crippen LogP contribution in [0.5, 0.6) is 0 Å². The van der Waals surface area contributed by atoms with Gasteiger partial charge in [0.25, 0.3) is 0 Å². The molecule has 0 bridgehead atoms. The van der Waals surface area contributed by atoms with Gasteiger partial charge in [-0.15, -0.1) is 0 Å². The van der Waals surface area contributed by atoms with Gasteiger partial charge in [0.2, 0.25) is 0 Å². The topological polar surface area (TPSA) is 0 Å². The molecule has 0 aromatic carbocycles. The zero-order valence-electron chi connectivity index (χ0n) is 13.2. The molecule has 1 unspecified atom stereocenters. The van der Waals surface area contributed by atoms with Crippen LogP contribution in [0.1, 0.15) is 71.6 Å². The summed E-state index contributed by atoms with van der Waals surface area (Å²) in [6, 6.07) is 0. The van der Waals surface area contributed by atoms with E-state index in [2.05, 4.69) is 19.9 Å². The minimum Gasteiger partial charge on any atom is -0.176 e. The molecule has 0 saturated heterocycles. The second kappa shape index (κ2) is 4.54. The highest BCUT2D eigenvalue weighted by molar-refractivity contribution is 7.80. The van der Waals surface area contributed by atoms with Crippen LogP contribution in [-0.4, -0.2) is 5.25 Å². The van der Waals surface area contributed by atoms with Crippen LogP contribution in [0.3, 0.4) is 0 Å². The molecule has 1 heteroatoms. The Morgan fingerprint density at radius 3 is 2.75 bits per heavy atom. The number of fused-ring (bicyclic) bond motifs is 5. The third-order valence-electron chi connectivity index (χ3n) is 7.86. The fraction of sp³-hybridized carbons (Fsp3) is 0.895. The number of hydrogen-bond acceptors (Lipinski definition) is 1. The quantitative estimate of drug-likeness (QED) is 0.433. The summed E-state index contributed by atoms with van der Waals surface area (Å²) >= 11 is 4.77. The first-order valence-electron chi connectivity index (χ1n) is 8.90. The average molecular weight is 291 g/mol.